The molecule has 0 radical (unpaired) electrons. The fourth-order valence-corrected chi connectivity index (χ4v) is 1.86. The molecule has 3 N–H and O–H groups in total. The van der Waals surface area contributed by atoms with Crippen molar-refractivity contribution >= 4 is 18.1 Å². The minimum atomic E-state index is -0.648. The summed E-state index contributed by atoms with van der Waals surface area (Å²) in [6.45, 7) is 3.72. The molecule has 1 fully saturated rings. The number of carbonyl (C=O) groups excluding carboxylic acids is 3. The third-order valence-corrected chi connectivity index (χ3v) is 2.88. The highest BCUT2D eigenvalue weighted by atomic mass is 16.2. The van der Waals surface area contributed by atoms with Crippen LogP contribution in [0.5, 0.6) is 0 Å². The van der Waals surface area contributed by atoms with E-state index in [2.05, 4.69) is 5.32 Å². The molecule has 0 aromatic carbocycles. The van der Waals surface area contributed by atoms with Crippen LogP contribution in [0, 0.1) is 0 Å². The fraction of sp³-hybridized carbons (Fsp3) is 0.727. The zero-order valence-electron chi connectivity index (χ0n) is 10.2. The second kappa shape index (κ2) is 5.77. The van der Waals surface area contributed by atoms with E-state index in [0.717, 1.165) is 12.7 Å². The highest BCUT2D eigenvalue weighted by molar-refractivity contribution is 5.90. The first kappa shape index (κ1) is 13.6. The lowest BCUT2D eigenvalue weighted by molar-refractivity contribution is -0.138. The van der Waals surface area contributed by atoms with Gasteiger partial charge in [0.2, 0.25) is 11.8 Å². The summed E-state index contributed by atoms with van der Waals surface area (Å²) in [7, 11) is 0. The molecule has 2 amide bonds. The van der Waals surface area contributed by atoms with Gasteiger partial charge in [0.1, 0.15) is 12.3 Å². The number of hydrogen-bond donors (Lipinski definition) is 2. The standard InChI is InChI=1S/C11H19N3O3/c1-7(12)10(16)13-8(2)11(17)14-5-3-4-9(14)6-15/h6-9H,3-5,12H2,1-2H3,(H,13,16)/t7-,8-,9-/m0/s1. The van der Waals surface area contributed by atoms with Crippen LogP contribution in [-0.2, 0) is 14.4 Å². The molecular formula is C11H19N3O3. The maximum absolute atomic E-state index is 12.0. The highest BCUT2D eigenvalue weighted by Crippen LogP contribution is 2.16. The SMILES string of the molecule is C[C@H](N)C(=O)N[C@@H](C)C(=O)N1CCC[C@H]1C=O. The summed E-state index contributed by atoms with van der Waals surface area (Å²) < 4.78 is 0. The summed E-state index contributed by atoms with van der Waals surface area (Å²) in [5.41, 5.74) is 5.40. The lowest BCUT2D eigenvalue weighted by Gasteiger charge is -2.25. The maximum atomic E-state index is 12.0. The van der Waals surface area contributed by atoms with Crippen molar-refractivity contribution in [2.24, 2.45) is 5.73 Å². The Labute approximate surface area is 101 Å². The number of rotatable bonds is 4. The Kier molecular flexibility index (Phi) is 4.62. The summed E-state index contributed by atoms with van der Waals surface area (Å²) in [6.07, 6.45) is 2.30. The largest absolute Gasteiger partial charge is 0.343 e. The molecule has 0 aromatic rings. The Morgan fingerprint density at radius 1 is 1.47 bits per heavy atom. The zero-order chi connectivity index (χ0) is 13.0. The average molecular weight is 241 g/mol. The van der Waals surface area contributed by atoms with Gasteiger partial charge >= 0.3 is 0 Å². The molecule has 17 heavy (non-hydrogen) atoms. The molecule has 1 aliphatic rings. The third kappa shape index (κ3) is 3.26. The van der Waals surface area contributed by atoms with Crippen molar-refractivity contribution in [2.75, 3.05) is 6.54 Å². The van der Waals surface area contributed by atoms with E-state index >= 15 is 0 Å². The lowest BCUT2D eigenvalue weighted by Crippen LogP contribution is -2.51. The summed E-state index contributed by atoms with van der Waals surface area (Å²) >= 11 is 0. The van der Waals surface area contributed by atoms with Crippen LogP contribution in [0.15, 0.2) is 0 Å². The number of nitrogens with one attached hydrogen (secondary N) is 1. The van der Waals surface area contributed by atoms with Gasteiger partial charge in [-0.2, -0.15) is 0 Å². The van der Waals surface area contributed by atoms with Crippen LogP contribution in [0.1, 0.15) is 26.7 Å². The van der Waals surface area contributed by atoms with Gasteiger partial charge in [0.25, 0.3) is 0 Å². The number of amides is 2. The minimum absolute atomic E-state index is 0.228. The molecule has 0 unspecified atom stereocenters. The Morgan fingerprint density at radius 2 is 2.12 bits per heavy atom. The van der Waals surface area contributed by atoms with Crippen molar-refractivity contribution < 1.29 is 14.4 Å². The molecular weight excluding hydrogens is 222 g/mol. The first-order chi connectivity index (χ1) is 7.97. The van der Waals surface area contributed by atoms with E-state index in [1.165, 1.54) is 4.90 Å². The molecule has 0 aliphatic carbocycles. The van der Waals surface area contributed by atoms with E-state index in [9.17, 15) is 14.4 Å². The van der Waals surface area contributed by atoms with Crippen LogP contribution < -0.4 is 11.1 Å². The lowest BCUT2D eigenvalue weighted by atomic mass is 10.2. The molecule has 1 heterocycles. The van der Waals surface area contributed by atoms with Crippen LogP contribution in [0.25, 0.3) is 0 Å². The number of hydrogen-bond acceptors (Lipinski definition) is 4. The van der Waals surface area contributed by atoms with Crippen molar-refractivity contribution in [1.82, 2.24) is 10.2 Å². The van der Waals surface area contributed by atoms with Gasteiger partial charge in [0.15, 0.2) is 0 Å². The Morgan fingerprint density at radius 3 is 2.65 bits per heavy atom. The first-order valence-corrected chi connectivity index (χ1v) is 5.79. The first-order valence-electron chi connectivity index (χ1n) is 5.79. The van der Waals surface area contributed by atoms with Crippen LogP contribution >= 0.6 is 0 Å². The van der Waals surface area contributed by atoms with Crippen LogP contribution in [0.4, 0.5) is 0 Å². The average Bonchev–Trinajstić information content (AvgIpc) is 2.75. The van der Waals surface area contributed by atoms with Gasteiger partial charge in [0, 0.05) is 6.54 Å². The van der Waals surface area contributed by atoms with Gasteiger partial charge in [-0.25, -0.2) is 0 Å². The molecule has 96 valence electrons. The van der Waals surface area contributed by atoms with Gasteiger partial charge in [-0.1, -0.05) is 0 Å². The number of nitrogens with zero attached hydrogens (tertiary/aromatic N) is 1. The molecule has 0 saturated carbocycles. The van der Waals surface area contributed by atoms with E-state index in [1.54, 1.807) is 13.8 Å². The van der Waals surface area contributed by atoms with Crippen LogP contribution in [0.2, 0.25) is 0 Å². The Balaban J connectivity index is 2.57. The second-order valence-electron chi connectivity index (χ2n) is 4.40. The molecule has 1 saturated heterocycles. The van der Waals surface area contributed by atoms with Crippen molar-refractivity contribution in [3.8, 4) is 0 Å². The monoisotopic (exact) mass is 241 g/mol. The predicted octanol–water partition coefficient (Wildman–Crippen LogP) is -0.972. The van der Waals surface area contributed by atoms with Crippen molar-refractivity contribution in [2.45, 2.75) is 44.8 Å². The maximum Gasteiger partial charge on any atom is 0.245 e. The van der Waals surface area contributed by atoms with Crippen molar-refractivity contribution in [3.63, 3.8) is 0 Å². The number of likely N-dealkylation sites (tertiary alicyclic amines) is 1. The van der Waals surface area contributed by atoms with Gasteiger partial charge in [-0.15, -0.1) is 0 Å². The number of nitrogens with two attached hydrogens (primary N) is 1. The quantitative estimate of drug-likeness (QED) is 0.619. The summed E-state index contributed by atoms with van der Waals surface area (Å²) in [5.74, 6) is -0.596. The minimum Gasteiger partial charge on any atom is -0.343 e. The molecule has 0 aromatic heterocycles. The van der Waals surface area contributed by atoms with E-state index in [4.69, 9.17) is 5.73 Å². The van der Waals surface area contributed by atoms with E-state index in [0.29, 0.717) is 13.0 Å². The number of aldehydes is 1. The molecule has 1 aliphatic heterocycles. The predicted molar refractivity (Wildman–Crippen MR) is 62.1 cm³/mol. The summed E-state index contributed by atoms with van der Waals surface area (Å²) in [4.78, 5) is 35.6. The summed E-state index contributed by atoms with van der Waals surface area (Å²) in [5, 5.41) is 2.53. The second-order valence-corrected chi connectivity index (χ2v) is 4.40. The highest BCUT2D eigenvalue weighted by Gasteiger charge is 2.31. The van der Waals surface area contributed by atoms with E-state index < -0.39 is 12.1 Å². The van der Waals surface area contributed by atoms with Crippen molar-refractivity contribution in [1.29, 1.82) is 0 Å². The van der Waals surface area contributed by atoms with Gasteiger partial charge in [0.05, 0.1) is 12.1 Å². The van der Waals surface area contributed by atoms with E-state index in [1.807, 2.05) is 0 Å². The fourth-order valence-electron chi connectivity index (χ4n) is 1.86. The van der Waals surface area contributed by atoms with Crippen LogP contribution in [-0.4, -0.2) is 47.7 Å². The Bertz CT molecular complexity index is 317. The smallest absolute Gasteiger partial charge is 0.245 e. The molecule has 0 bridgehead atoms. The van der Waals surface area contributed by atoms with E-state index in [-0.39, 0.29) is 17.9 Å². The van der Waals surface area contributed by atoms with Crippen LogP contribution in [0.3, 0.4) is 0 Å². The van der Waals surface area contributed by atoms with Gasteiger partial charge in [-0.3, -0.25) is 9.59 Å². The topological polar surface area (TPSA) is 92.5 Å². The zero-order valence-corrected chi connectivity index (χ0v) is 10.2. The van der Waals surface area contributed by atoms with Crippen molar-refractivity contribution in [3.05, 3.63) is 0 Å². The van der Waals surface area contributed by atoms with Gasteiger partial charge in [-0.05, 0) is 26.7 Å². The molecule has 6 heteroatoms. The Hall–Kier alpha value is -1.43. The molecule has 6 nitrogen and oxygen atoms in total. The third-order valence-electron chi connectivity index (χ3n) is 2.88. The molecule has 3 atom stereocenters. The van der Waals surface area contributed by atoms with Gasteiger partial charge < -0.3 is 20.7 Å². The summed E-state index contributed by atoms with van der Waals surface area (Å²) in [6, 6.07) is -1.64. The number of carbonyl (C=O) groups is 3. The molecule has 1 rings (SSSR count). The normalized spacial score (nSPS) is 23.0. The molecule has 0 spiro atoms.